The average molecular weight is 311 g/mol. The maximum Gasteiger partial charge on any atom is 0.0486 e. The topological polar surface area (TPSA) is 17.0 Å². The van der Waals surface area contributed by atoms with Crippen LogP contribution >= 0.6 is 11.6 Å². The number of nitrogens with one attached hydrogen (secondary N) is 1. The molecule has 0 bridgehead atoms. The van der Waals surface area contributed by atoms with Crippen LogP contribution in [-0.2, 0) is 13.1 Å². The van der Waals surface area contributed by atoms with Crippen molar-refractivity contribution in [1.82, 2.24) is 9.88 Å². The number of hydrogen-bond acceptors (Lipinski definition) is 1. The second-order valence-electron chi connectivity index (χ2n) is 6.08. The number of hydrogen-bond donors (Lipinski definition) is 1. The lowest BCUT2D eigenvalue weighted by Gasteiger charge is -2.05. The Bertz CT molecular complexity index is 785. The van der Waals surface area contributed by atoms with E-state index in [1.54, 1.807) is 0 Å². The average Bonchev–Trinajstić information content (AvgIpc) is 3.31. The second-order valence-corrected chi connectivity index (χ2v) is 6.52. The Hall–Kier alpha value is -1.77. The fraction of sp³-hybridized carbons (Fsp3) is 0.263. The summed E-state index contributed by atoms with van der Waals surface area (Å²) in [5, 5.41) is 5.76. The van der Waals surface area contributed by atoms with Gasteiger partial charge in [-0.25, -0.2) is 0 Å². The predicted molar refractivity (Wildman–Crippen MR) is 92.4 cm³/mol. The Morgan fingerprint density at radius 3 is 2.59 bits per heavy atom. The second kappa shape index (κ2) is 5.79. The molecule has 1 saturated carbocycles. The van der Waals surface area contributed by atoms with E-state index >= 15 is 0 Å². The van der Waals surface area contributed by atoms with E-state index in [0.717, 1.165) is 24.2 Å². The molecule has 0 spiro atoms. The van der Waals surface area contributed by atoms with Crippen LogP contribution in [0.4, 0.5) is 0 Å². The Morgan fingerprint density at radius 1 is 1.05 bits per heavy atom. The summed E-state index contributed by atoms with van der Waals surface area (Å²) in [7, 11) is 0. The highest BCUT2D eigenvalue weighted by atomic mass is 35.5. The highest BCUT2D eigenvalue weighted by Gasteiger charge is 2.20. The van der Waals surface area contributed by atoms with Crippen molar-refractivity contribution >= 4 is 22.5 Å². The quantitative estimate of drug-likeness (QED) is 0.729. The highest BCUT2D eigenvalue weighted by Crippen LogP contribution is 2.25. The number of aromatic nitrogens is 1. The van der Waals surface area contributed by atoms with Crippen LogP contribution < -0.4 is 5.32 Å². The van der Waals surface area contributed by atoms with E-state index in [9.17, 15) is 0 Å². The minimum absolute atomic E-state index is 0.735. The number of rotatable bonds is 5. The summed E-state index contributed by atoms with van der Waals surface area (Å²) >= 11 is 5.98. The summed E-state index contributed by atoms with van der Waals surface area (Å²) in [5.41, 5.74) is 3.95. The van der Waals surface area contributed by atoms with Gasteiger partial charge in [0.1, 0.15) is 0 Å². The molecule has 1 N–H and O–H groups in total. The molecule has 0 amide bonds. The van der Waals surface area contributed by atoms with Crippen molar-refractivity contribution in [2.24, 2.45) is 0 Å². The van der Waals surface area contributed by atoms with Crippen molar-refractivity contribution in [2.45, 2.75) is 32.0 Å². The van der Waals surface area contributed by atoms with Crippen LogP contribution in [0.3, 0.4) is 0 Å². The van der Waals surface area contributed by atoms with Gasteiger partial charge in [0.25, 0.3) is 0 Å². The summed E-state index contributed by atoms with van der Waals surface area (Å²) in [6.07, 6.45) is 4.93. The number of nitrogens with zero attached hydrogens (tertiary/aromatic N) is 1. The first-order valence-electron chi connectivity index (χ1n) is 7.84. The smallest absolute Gasteiger partial charge is 0.0486 e. The van der Waals surface area contributed by atoms with Crippen LogP contribution in [0.2, 0.25) is 5.02 Å². The van der Waals surface area contributed by atoms with Crippen molar-refractivity contribution in [2.75, 3.05) is 0 Å². The van der Waals surface area contributed by atoms with E-state index in [1.165, 1.54) is 34.9 Å². The molecule has 2 nitrogen and oxygen atoms in total. The lowest BCUT2D eigenvalue weighted by atomic mass is 10.2. The zero-order chi connectivity index (χ0) is 14.9. The van der Waals surface area contributed by atoms with Crippen LogP contribution in [0.15, 0.2) is 54.7 Å². The van der Waals surface area contributed by atoms with E-state index in [0.29, 0.717) is 0 Å². The molecule has 1 aliphatic carbocycles. The third kappa shape index (κ3) is 2.90. The molecule has 112 valence electrons. The molecule has 0 atom stereocenters. The van der Waals surface area contributed by atoms with Crippen molar-refractivity contribution < 1.29 is 0 Å². The van der Waals surface area contributed by atoms with Crippen LogP contribution in [0, 0.1) is 0 Å². The van der Waals surface area contributed by atoms with Crippen molar-refractivity contribution in [3.05, 3.63) is 70.9 Å². The summed E-state index contributed by atoms with van der Waals surface area (Å²) in [6.45, 7) is 1.83. The van der Waals surface area contributed by atoms with Gasteiger partial charge in [0.05, 0.1) is 0 Å². The van der Waals surface area contributed by atoms with Gasteiger partial charge in [-0.05, 0) is 42.2 Å². The zero-order valence-electron chi connectivity index (χ0n) is 12.4. The summed E-state index contributed by atoms with van der Waals surface area (Å²) in [5.74, 6) is 0. The van der Waals surface area contributed by atoms with Crippen molar-refractivity contribution in [3.8, 4) is 0 Å². The number of benzene rings is 2. The normalized spacial score (nSPS) is 14.6. The SMILES string of the molecule is Clc1ccc(Cn2cc(CNC3CC3)c3ccccc32)cc1. The fourth-order valence-corrected chi connectivity index (χ4v) is 3.05. The molecule has 1 fully saturated rings. The number of halogens is 1. The van der Waals surface area contributed by atoms with E-state index < -0.39 is 0 Å². The first-order chi connectivity index (χ1) is 10.8. The van der Waals surface area contributed by atoms with Crippen LogP contribution in [0.5, 0.6) is 0 Å². The van der Waals surface area contributed by atoms with Gasteiger partial charge in [0, 0.05) is 41.3 Å². The van der Waals surface area contributed by atoms with Crippen LogP contribution in [0.1, 0.15) is 24.0 Å². The lowest BCUT2D eigenvalue weighted by Crippen LogP contribution is -2.14. The van der Waals surface area contributed by atoms with E-state index in [2.05, 4.69) is 52.5 Å². The standard InChI is InChI=1S/C19H19ClN2/c20-16-7-5-14(6-8-16)12-22-13-15(11-21-17-9-10-17)18-3-1-2-4-19(18)22/h1-8,13,17,21H,9-12H2. The van der Waals surface area contributed by atoms with E-state index in [1.807, 2.05) is 12.1 Å². The first-order valence-corrected chi connectivity index (χ1v) is 8.22. The Morgan fingerprint density at radius 2 is 1.82 bits per heavy atom. The fourth-order valence-electron chi connectivity index (χ4n) is 2.92. The molecule has 1 aliphatic rings. The molecular weight excluding hydrogens is 292 g/mol. The molecule has 1 aromatic heterocycles. The van der Waals surface area contributed by atoms with Gasteiger partial charge >= 0.3 is 0 Å². The van der Waals surface area contributed by atoms with Gasteiger partial charge in [-0.3, -0.25) is 0 Å². The van der Waals surface area contributed by atoms with Crippen LogP contribution in [-0.4, -0.2) is 10.6 Å². The van der Waals surface area contributed by atoms with Gasteiger partial charge in [-0.15, -0.1) is 0 Å². The summed E-state index contributed by atoms with van der Waals surface area (Å²) in [6, 6.07) is 17.5. The first kappa shape index (κ1) is 13.9. The minimum Gasteiger partial charge on any atom is -0.343 e. The molecule has 3 aromatic rings. The molecule has 0 aliphatic heterocycles. The van der Waals surface area contributed by atoms with Gasteiger partial charge in [-0.2, -0.15) is 0 Å². The van der Waals surface area contributed by atoms with Crippen molar-refractivity contribution in [3.63, 3.8) is 0 Å². The molecule has 2 aromatic carbocycles. The van der Waals surface area contributed by atoms with Crippen LogP contribution in [0.25, 0.3) is 10.9 Å². The molecule has 22 heavy (non-hydrogen) atoms. The zero-order valence-corrected chi connectivity index (χ0v) is 13.2. The molecular formula is C19H19ClN2. The predicted octanol–water partition coefficient (Wildman–Crippen LogP) is 4.60. The monoisotopic (exact) mass is 310 g/mol. The summed E-state index contributed by atoms with van der Waals surface area (Å²) < 4.78 is 2.34. The molecule has 4 rings (SSSR count). The minimum atomic E-state index is 0.735. The van der Waals surface area contributed by atoms with E-state index in [4.69, 9.17) is 11.6 Å². The number of para-hydroxylation sites is 1. The van der Waals surface area contributed by atoms with Gasteiger partial charge in [-0.1, -0.05) is 41.9 Å². The Labute approximate surface area is 135 Å². The van der Waals surface area contributed by atoms with Gasteiger partial charge in [0.15, 0.2) is 0 Å². The summed E-state index contributed by atoms with van der Waals surface area (Å²) in [4.78, 5) is 0. The van der Waals surface area contributed by atoms with Gasteiger partial charge < -0.3 is 9.88 Å². The van der Waals surface area contributed by atoms with Crippen molar-refractivity contribution in [1.29, 1.82) is 0 Å². The maximum absolute atomic E-state index is 5.98. The Balaban J connectivity index is 1.65. The molecule has 0 saturated heterocycles. The van der Waals surface area contributed by atoms with Gasteiger partial charge in [0.2, 0.25) is 0 Å². The Kier molecular flexibility index (Phi) is 3.65. The third-order valence-corrected chi connectivity index (χ3v) is 4.55. The number of fused-ring (bicyclic) bond motifs is 1. The maximum atomic E-state index is 5.98. The molecule has 0 radical (unpaired) electrons. The molecule has 3 heteroatoms. The largest absolute Gasteiger partial charge is 0.343 e. The van der Waals surface area contributed by atoms with E-state index in [-0.39, 0.29) is 0 Å². The highest BCUT2D eigenvalue weighted by molar-refractivity contribution is 6.30. The lowest BCUT2D eigenvalue weighted by molar-refractivity contribution is 0.687. The molecule has 1 heterocycles. The third-order valence-electron chi connectivity index (χ3n) is 4.30. The molecule has 0 unspecified atom stereocenters.